The van der Waals surface area contributed by atoms with Crippen molar-refractivity contribution in [3.8, 4) is 0 Å². The van der Waals surface area contributed by atoms with E-state index in [0.717, 1.165) is 11.2 Å². The number of thioether (sulfide) groups is 1. The SMILES string of the molecule is CC(C)CCN1CCSC(C)C1. The summed E-state index contributed by atoms with van der Waals surface area (Å²) in [6, 6.07) is 0. The van der Waals surface area contributed by atoms with Crippen molar-refractivity contribution < 1.29 is 0 Å². The molecule has 0 amide bonds. The Labute approximate surface area is 80.9 Å². The van der Waals surface area contributed by atoms with Gasteiger partial charge >= 0.3 is 0 Å². The molecule has 1 aliphatic heterocycles. The maximum Gasteiger partial charge on any atom is 0.0147 e. The van der Waals surface area contributed by atoms with Gasteiger partial charge in [0, 0.05) is 24.1 Å². The van der Waals surface area contributed by atoms with Crippen LogP contribution in [0.2, 0.25) is 0 Å². The van der Waals surface area contributed by atoms with Gasteiger partial charge in [0.05, 0.1) is 0 Å². The van der Waals surface area contributed by atoms with E-state index >= 15 is 0 Å². The van der Waals surface area contributed by atoms with E-state index in [0.29, 0.717) is 0 Å². The Morgan fingerprint density at radius 3 is 2.83 bits per heavy atom. The molecule has 0 aliphatic carbocycles. The second-order valence-corrected chi connectivity index (χ2v) is 5.71. The highest BCUT2D eigenvalue weighted by atomic mass is 32.2. The lowest BCUT2D eigenvalue weighted by Crippen LogP contribution is -2.37. The van der Waals surface area contributed by atoms with Crippen LogP contribution in [-0.4, -0.2) is 35.5 Å². The number of hydrogen-bond acceptors (Lipinski definition) is 2. The van der Waals surface area contributed by atoms with E-state index in [-0.39, 0.29) is 0 Å². The van der Waals surface area contributed by atoms with E-state index in [1.54, 1.807) is 0 Å². The van der Waals surface area contributed by atoms with Crippen LogP contribution in [0.25, 0.3) is 0 Å². The van der Waals surface area contributed by atoms with E-state index in [1.165, 1.54) is 31.8 Å². The highest BCUT2D eigenvalue weighted by Gasteiger charge is 2.15. The minimum atomic E-state index is 0.853. The van der Waals surface area contributed by atoms with E-state index in [4.69, 9.17) is 0 Å². The van der Waals surface area contributed by atoms with E-state index in [2.05, 4.69) is 37.4 Å². The number of nitrogens with zero attached hydrogens (tertiary/aromatic N) is 1. The van der Waals surface area contributed by atoms with Crippen LogP contribution in [0.1, 0.15) is 27.2 Å². The van der Waals surface area contributed by atoms with Gasteiger partial charge in [-0.05, 0) is 18.9 Å². The molecule has 1 fully saturated rings. The van der Waals surface area contributed by atoms with Gasteiger partial charge in [-0.15, -0.1) is 0 Å². The van der Waals surface area contributed by atoms with Crippen LogP contribution in [0.15, 0.2) is 0 Å². The maximum atomic E-state index is 2.61. The fourth-order valence-corrected chi connectivity index (χ4v) is 2.62. The molecule has 0 aromatic carbocycles. The Balaban J connectivity index is 2.14. The number of rotatable bonds is 3. The molecule has 0 aromatic heterocycles. The molecular weight excluding hydrogens is 166 g/mol. The van der Waals surface area contributed by atoms with Crippen LogP contribution < -0.4 is 0 Å². The predicted molar refractivity (Wildman–Crippen MR) is 57.8 cm³/mol. The zero-order valence-electron chi connectivity index (χ0n) is 8.55. The van der Waals surface area contributed by atoms with Crippen molar-refractivity contribution in [2.75, 3.05) is 25.4 Å². The maximum absolute atomic E-state index is 2.61. The zero-order chi connectivity index (χ0) is 8.97. The second-order valence-electron chi connectivity index (χ2n) is 4.16. The van der Waals surface area contributed by atoms with Gasteiger partial charge in [0.1, 0.15) is 0 Å². The van der Waals surface area contributed by atoms with Gasteiger partial charge in [-0.25, -0.2) is 0 Å². The molecule has 0 saturated carbocycles. The third-order valence-corrected chi connectivity index (χ3v) is 3.48. The zero-order valence-corrected chi connectivity index (χ0v) is 9.36. The summed E-state index contributed by atoms with van der Waals surface area (Å²) in [7, 11) is 0. The third kappa shape index (κ3) is 3.81. The van der Waals surface area contributed by atoms with Crippen LogP contribution in [0, 0.1) is 5.92 Å². The Morgan fingerprint density at radius 1 is 1.50 bits per heavy atom. The summed E-state index contributed by atoms with van der Waals surface area (Å²) in [6.45, 7) is 10.9. The summed E-state index contributed by atoms with van der Waals surface area (Å²) >= 11 is 2.11. The summed E-state index contributed by atoms with van der Waals surface area (Å²) in [6.07, 6.45) is 1.36. The first-order valence-electron chi connectivity index (χ1n) is 5.02. The molecule has 0 radical (unpaired) electrons. The molecule has 1 atom stereocenters. The molecule has 1 unspecified atom stereocenters. The largest absolute Gasteiger partial charge is 0.301 e. The monoisotopic (exact) mass is 187 g/mol. The molecule has 1 aliphatic rings. The minimum absolute atomic E-state index is 0.853. The topological polar surface area (TPSA) is 3.24 Å². The smallest absolute Gasteiger partial charge is 0.0147 e. The summed E-state index contributed by atoms with van der Waals surface area (Å²) in [4.78, 5) is 2.61. The summed E-state index contributed by atoms with van der Waals surface area (Å²) in [5.74, 6) is 2.19. The van der Waals surface area contributed by atoms with E-state index in [1.807, 2.05) is 0 Å². The Bertz CT molecular complexity index is 125. The first-order chi connectivity index (χ1) is 5.68. The molecule has 0 aromatic rings. The first kappa shape index (κ1) is 10.4. The second kappa shape index (κ2) is 5.13. The highest BCUT2D eigenvalue weighted by molar-refractivity contribution is 7.99. The molecule has 0 N–H and O–H groups in total. The first-order valence-corrected chi connectivity index (χ1v) is 6.07. The van der Waals surface area contributed by atoms with Gasteiger partial charge in [-0.3, -0.25) is 0 Å². The molecule has 72 valence electrons. The van der Waals surface area contributed by atoms with Crippen molar-refractivity contribution in [2.45, 2.75) is 32.4 Å². The van der Waals surface area contributed by atoms with Crippen LogP contribution in [0.3, 0.4) is 0 Å². The van der Waals surface area contributed by atoms with Gasteiger partial charge in [0.25, 0.3) is 0 Å². The van der Waals surface area contributed by atoms with Gasteiger partial charge < -0.3 is 4.90 Å². The van der Waals surface area contributed by atoms with Crippen molar-refractivity contribution in [1.82, 2.24) is 4.90 Å². The molecule has 1 rings (SSSR count). The predicted octanol–water partition coefficient (Wildman–Crippen LogP) is 2.47. The average molecular weight is 187 g/mol. The quantitative estimate of drug-likeness (QED) is 0.668. The fraction of sp³-hybridized carbons (Fsp3) is 1.00. The van der Waals surface area contributed by atoms with E-state index < -0.39 is 0 Å². The molecular formula is C10H21NS. The normalized spacial score (nSPS) is 26.5. The summed E-state index contributed by atoms with van der Waals surface area (Å²) < 4.78 is 0. The van der Waals surface area contributed by atoms with Crippen molar-refractivity contribution in [2.24, 2.45) is 5.92 Å². The lowest BCUT2D eigenvalue weighted by molar-refractivity contribution is 0.269. The lowest BCUT2D eigenvalue weighted by atomic mass is 10.1. The minimum Gasteiger partial charge on any atom is -0.301 e. The number of hydrogen-bond donors (Lipinski definition) is 0. The Kier molecular flexibility index (Phi) is 4.44. The Morgan fingerprint density at radius 2 is 2.25 bits per heavy atom. The van der Waals surface area contributed by atoms with Crippen molar-refractivity contribution in [3.63, 3.8) is 0 Å². The average Bonchev–Trinajstić information content (AvgIpc) is 2.01. The Hall–Kier alpha value is 0.310. The van der Waals surface area contributed by atoms with E-state index in [9.17, 15) is 0 Å². The van der Waals surface area contributed by atoms with Gasteiger partial charge in [-0.1, -0.05) is 20.8 Å². The summed E-state index contributed by atoms with van der Waals surface area (Å²) in [5, 5.41) is 0.853. The molecule has 1 saturated heterocycles. The molecule has 1 heterocycles. The molecule has 2 heteroatoms. The standard InChI is InChI=1S/C10H21NS/c1-9(2)4-5-11-6-7-12-10(3)8-11/h9-10H,4-8H2,1-3H3. The highest BCUT2D eigenvalue weighted by Crippen LogP contribution is 2.18. The van der Waals surface area contributed by atoms with Crippen molar-refractivity contribution in [1.29, 1.82) is 0 Å². The van der Waals surface area contributed by atoms with Gasteiger partial charge in [0.15, 0.2) is 0 Å². The molecule has 12 heavy (non-hydrogen) atoms. The molecule has 1 nitrogen and oxygen atoms in total. The van der Waals surface area contributed by atoms with Gasteiger partial charge in [-0.2, -0.15) is 11.8 Å². The molecule has 0 bridgehead atoms. The third-order valence-electron chi connectivity index (χ3n) is 2.35. The summed E-state index contributed by atoms with van der Waals surface area (Å²) in [5.41, 5.74) is 0. The fourth-order valence-electron chi connectivity index (χ4n) is 1.53. The van der Waals surface area contributed by atoms with Crippen LogP contribution in [-0.2, 0) is 0 Å². The van der Waals surface area contributed by atoms with Crippen LogP contribution in [0.5, 0.6) is 0 Å². The lowest BCUT2D eigenvalue weighted by Gasteiger charge is -2.30. The van der Waals surface area contributed by atoms with Crippen LogP contribution >= 0.6 is 11.8 Å². The van der Waals surface area contributed by atoms with Gasteiger partial charge in [0.2, 0.25) is 0 Å². The van der Waals surface area contributed by atoms with Crippen LogP contribution in [0.4, 0.5) is 0 Å². The van der Waals surface area contributed by atoms with Crippen molar-refractivity contribution >= 4 is 11.8 Å². The van der Waals surface area contributed by atoms with Crippen molar-refractivity contribution in [3.05, 3.63) is 0 Å². The molecule has 0 spiro atoms.